The molecule has 0 aromatic heterocycles. The van der Waals surface area contributed by atoms with Crippen LogP contribution in [0, 0.1) is 0 Å². The molecule has 0 radical (unpaired) electrons. The molecular formula is C21H30N4O3. The number of nitrogens with zero attached hydrogens (tertiary/aromatic N) is 2. The van der Waals surface area contributed by atoms with E-state index in [1.807, 2.05) is 58.0 Å². The third kappa shape index (κ3) is 6.40. The number of fused-ring (bicyclic) bond motifs is 1. The van der Waals surface area contributed by atoms with Crippen molar-refractivity contribution in [2.45, 2.75) is 46.1 Å². The number of benzene rings is 1. The number of nitrogens with two attached hydrogens (primary N) is 1. The van der Waals surface area contributed by atoms with Crippen LogP contribution < -0.4 is 11.1 Å². The largest absolute Gasteiger partial charge is 0.444 e. The topological polar surface area (TPSA) is 97.0 Å². The first kappa shape index (κ1) is 21.5. The van der Waals surface area contributed by atoms with Crippen LogP contribution in [-0.2, 0) is 9.53 Å². The Kier molecular flexibility index (Phi) is 7.20. The maximum absolute atomic E-state index is 13.1. The molecule has 2 rings (SSSR count). The molecule has 1 aliphatic heterocycles. The van der Waals surface area contributed by atoms with Gasteiger partial charge in [0.15, 0.2) is 0 Å². The van der Waals surface area contributed by atoms with Crippen LogP contribution in [0.5, 0.6) is 0 Å². The van der Waals surface area contributed by atoms with Crippen LogP contribution in [0.2, 0.25) is 0 Å². The first-order chi connectivity index (χ1) is 13.2. The van der Waals surface area contributed by atoms with Crippen molar-refractivity contribution in [2.24, 2.45) is 10.7 Å². The van der Waals surface area contributed by atoms with Crippen LogP contribution in [0.15, 0.2) is 34.8 Å². The summed E-state index contributed by atoms with van der Waals surface area (Å²) >= 11 is 0. The molecule has 0 atom stereocenters. The minimum absolute atomic E-state index is 0.0947. The van der Waals surface area contributed by atoms with Crippen LogP contribution in [0.4, 0.5) is 10.5 Å². The molecule has 1 aromatic rings. The average molecular weight is 386 g/mol. The van der Waals surface area contributed by atoms with Gasteiger partial charge in [0.2, 0.25) is 5.91 Å². The molecule has 0 spiro atoms. The Morgan fingerprint density at radius 3 is 2.64 bits per heavy atom. The smallest absolute Gasteiger partial charge is 0.407 e. The Labute approximate surface area is 166 Å². The van der Waals surface area contributed by atoms with Gasteiger partial charge in [0.25, 0.3) is 0 Å². The van der Waals surface area contributed by atoms with Crippen molar-refractivity contribution in [3.63, 3.8) is 0 Å². The summed E-state index contributed by atoms with van der Waals surface area (Å²) in [5.74, 6) is 0.315. The molecule has 152 valence electrons. The molecule has 1 aliphatic rings. The number of alkyl carbamates (subject to hydrolysis) is 1. The van der Waals surface area contributed by atoms with Crippen molar-refractivity contribution < 1.29 is 14.3 Å². The van der Waals surface area contributed by atoms with Crippen molar-refractivity contribution in [3.05, 3.63) is 35.4 Å². The summed E-state index contributed by atoms with van der Waals surface area (Å²) < 4.78 is 5.23. The first-order valence-corrected chi connectivity index (χ1v) is 9.58. The fourth-order valence-corrected chi connectivity index (χ4v) is 2.87. The quantitative estimate of drug-likeness (QED) is 0.784. The number of ether oxygens (including phenoxy) is 1. The molecule has 2 amide bonds. The van der Waals surface area contributed by atoms with Gasteiger partial charge >= 0.3 is 6.09 Å². The lowest BCUT2D eigenvalue weighted by Gasteiger charge is -2.24. The molecular weight excluding hydrogens is 356 g/mol. The highest BCUT2D eigenvalue weighted by molar-refractivity contribution is 6.05. The zero-order chi connectivity index (χ0) is 20.7. The summed E-state index contributed by atoms with van der Waals surface area (Å²) in [6.45, 7) is 8.72. The molecule has 0 saturated carbocycles. The van der Waals surface area contributed by atoms with Crippen molar-refractivity contribution in [1.29, 1.82) is 0 Å². The van der Waals surface area contributed by atoms with Gasteiger partial charge < -0.3 is 20.7 Å². The molecule has 0 fully saturated rings. The number of nitrogens with one attached hydrogen (secondary N) is 1. The van der Waals surface area contributed by atoms with Gasteiger partial charge in [-0.25, -0.2) is 9.79 Å². The van der Waals surface area contributed by atoms with E-state index in [2.05, 4.69) is 10.3 Å². The van der Waals surface area contributed by atoms with E-state index in [1.165, 1.54) is 0 Å². The number of para-hydroxylation sites is 1. The van der Waals surface area contributed by atoms with Crippen molar-refractivity contribution >= 4 is 29.6 Å². The fourth-order valence-electron chi connectivity index (χ4n) is 2.87. The zero-order valence-corrected chi connectivity index (χ0v) is 17.1. The molecule has 3 N–H and O–H groups in total. The van der Waals surface area contributed by atoms with E-state index < -0.39 is 11.7 Å². The second-order valence-corrected chi connectivity index (χ2v) is 7.73. The zero-order valence-electron chi connectivity index (χ0n) is 17.1. The van der Waals surface area contributed by atoms with Gasteiger partial charge in [0.1, 0.15) is 11.4 Å². The number of amidine groups is 1. The number of carbonyl (C=O) groups is 2. The SMILES string of the molecule is CCCN(CCNC(=O)OC(C)(C)C)C(=O)C1=Cc2ccccc2N=C(N)C1. The lowest BCUT2D eigenvalue weighted by Crippen LogP contribution is -2.41. The van der Waals surface area contributed by atoms with Crippen LogP contribution in [-0.4, -0.2) is 48.0 Å². The summed E-state index contributed by atoms with van der Waals surface area (Å²) in [6, 6.07) is 7.59. The lowest BCUT2D eigenvalue weighted by molar-refractivity contribution is -0.127. The third-order valence-electron chi connectivity index (χ3n) is 4.01. The maximum atomic E-state index is 13.1. The summed E-state index contributed by atoms with van der Waals surface area (Å²) in [4.78, 5) is 31.0. The van der Waals surface area contributed by atoms with Gasteiger partial charge in [-0.1, -0.05) is 25.1 Å². The minimum Gasteiger partial charge on any atom is -0.444 e. The predicted molar refractivity (Wildman–Crippen MR) is 111 cm³/mol. The summed E-state index contributed by atoms with van der Waals surface area (Å²) in [5.41, 5.74) is 7.68. The summed E-state index contributed by atoms with van der Waals surface area (Å²) in [6.07, 6.45) is 2.47. The highest BCUT2D eigenvalue weighted by Crippen LogP contribution is 2.26. The van der Waals surface area contributed by atoms with Crippen LogP contribution in [0.3, 0.4) is 0 Å². The van der Waals surface area contributed by atoms with Crippen molar-refractivity contribution in [3.8, 4) is 0 Å². The van der Waals surface area contributed by atoms with E-state index in [1.54, 1.807) is 4.90 Å². The Balaban J connectivity index is 2.07. The molecule has 0 unspecified atom stereocenters. The van der Waals surface area contributed by atoms with E-state index in [4.69, 9.17) is 10.5 Å². The van der Waals surface area contributed by atoms with Crippen LogP contribution >= 0.6 is 0 Å². The normalized spacial score (nSPS) is 13.6. The number of aliphatic imine (C=N–C) groups is 1. The summed E-state index contributed by atoms with van der Waals surface area (Å²) in [7, 11) is 0. The maximum Gasteiger partial charge on any atom is 0.407 e. The van der Waals surface area contributed by atoms with Gasteiger partial charge in [-0.3, -0.25) is 4.79 Å². The van der Waals surface area contributed by atoms with Gasteiger partial charge in [0.05, 0.1) is 5.69 Å². The average Bonchev–Trinajstić information content (AvgIpc) is 2.76. The van der Waals surface area contributed by atoms with E-state index in [0.29, 0.717) is 37.5 Å². The Morgan fingerprint density at radius 1 is 1.25 bits per heavy atom. The molecule has 0 bridgehead atoms. The summed E-state index contributed by atoms with van der Waals surface area (Å²) in [5, 5.41) is 2.70. The van der Waals surface area contributed by atoms with Crippen LogP contribution in [0.1, 0.15) is 46.1 Å². The Hall–Kier alpha value is -2.83. The molecule has 1 heterocycles. The minimum atomic E-state index is -0.557. The number of carbonyl (C=O) groups excluding carboxylic acids is 2. The van der Waals surface area contributed by atoms with E-state index in [-0.39, 0.29) is 5.91 Å². The monoisotopic (exact) mass is 386 g/mol. The van der Waals surface area contributed by atoms with Crippen molar-refractivity contribution in [1.82, 2.24) is 10.2 Å². The molecule has 0 saturated heterocycles. The Morgan fingerprint density at radius 2 is 1.96 bits per heavy atom. The Bertz CT molecular complexity index is 778. The number of hydrogen-bond donors (Lipinski definition) is 2. The number of rotatable bonds is 6. The number of hydrogen-bond acceptors (Lipinski definition) is 5. The second-order valence-electron chi connectivity index (χ2n) is 7.73. The van der Waals surface area contributed by atoms with Gasteiger partial charge in [-0.05, 0) is 39.3 Å². The van der Waals surface area contributed by atoms with Crippen LogP contribution in [0.25, 0.3) is 6.08 Å². The molecule has 7 nitrogen and oxygen atoms in total. The highest BCUT2D eigenvalue weighted by atomic mass is 16.6. The second kappa shape index (κ2) is 9.39. The standard InChI is InChI=1S/C21H30N4O3/c1-5-11-25(12-10-23-20(27)28-21(2,3)4)19(26)16-13-15-8-6-7-9-17(15)24-18(22)14-16/h6-9,13H,5,10-12,14H2,1-4H3,(H2,22,24)(H,23,27). The fraction of sp³-hybridized carbons (Fsp3) is 0.476. The van der Waals surface area contributed by atoms with E-state index >= 15 is 0 Å². The van der Waals surface area contributed by atoms with E-state index in [9.17, 15) is 9.59 Å². The predicted octanol–water partition coefficient (Wildman–Crippen LogP) is 3.23. The highest BCUT2D eigenvalue weighted by Gasteiger charge is 2.22. The van der Waals surface area contributed by atoms with Gasteiger partial charge in [-0.15, -0.1) is 0 Å². The third-order valence-corrected chi connectivity index (χ3v) is 4.01. The molecule has 0 aliphatic carbocycles. The van der Waals surface area contributed by atoms with Crippen molar-refractivity contribution in [2.75, 3.05) is 19.6 Å². The molecule has 1 aromatic carbocycles. The molecule has 7 heteroatoms. The van der Waals surface area contributed by atoms with E-state index in [0.717, 1.165) is 17.7 Å². The lowest BCUT2D eigenvalue weighted by atomic mass is 10.1. The number of amides is 2. The first-order valence-electron chi connectivity index (χ1n) is 9.58. The van der Waals surface area contributed by atoms with Gasteiger partial charge in [-0.2, -0.15) is 0 Å². The van der Waals surface area contributed by atoms with Gasteiger partial charge in [0, 0.05) is 37.2 Å². The molecule has 28 heavy (non-hydrogen) atoms.